The number of hydrogen-bond acceptors (Lipinski definition) is 6. The first-order chi connectivity index (χ1) is 21.6. The van der Waals surface area contributed by atoms with Crippen molar-refractivity contribution in [2.24, 2.45) is 0 Å². The van der Waals surface area contributed by atoms with Crippen molar-refractivity contribution in [3.63, 3.8) is 0 Å². The molecule has 6 rings (SSSR count). The number of allylic oxidation sites excluding steroid dienone is 8. The van der Waals surface area contributed by atoms with E-state index in [1.165, 1.54) is 0 Å². The minimum absolute atomic E-state index is 0.108. The van der Waals surface area contributed by atoms with Crippen molar-refractivity contribution in [2.75, 3.05) is 0 Å². The number of rotatable bonds is 10. The van der Waals surface area contributed by atoms with Crippen molar-refractivity contribution in [1.82, 2.24) is 0 Å². The summed E-state index contributed by atoms with van der Waals surface area (Å²) in [5.74, 6) is 1.02. The fourth-order valence-electron chi connectivity index (χ4n) is 5.36. The summed E-state index contributed by atoms with van der Waals surface area (Å²) in [5, 5.41) is 0. The normalized spacial score (nSPS) is 15.2. The van der Waals surface area contributed by atoms with Gasteiger partial charge in [0, 0.05) is 0 Å². The quantitative estimate of drug-likeness (QED) is 0.165. The van der Waals surface area contributed by atoms with E-state index >= 15 is 0 Å². The molecule has 45 heavy (non-hydrogen) atoms. The van der Waals surface area contributed by atoms with Crippen LogP contribution in [0, 0.1) is 13.8 Å². The molecule has 0 aliphatic heterocycles. The van der Waals surface area contributed by atoms with E-state index in [2.05, 4.69) is 24.3 Å². The van der Waals surface area contributed by atoms with Gasteiger partial charge in [0.25, 0.3) is 0 Å². The Balaban J connectivity index is 1.33. The zero-order chi connectivity index (χ0) is 31.7. The molecule has 0 heterocycles. The molecule has 0 saturated carbocycles. The average Bonchev–Trinajstić information content (AvgIpc) is 3.78. The van der Waals surface area contributed by atoms with Crippen molar-refractivity contribution in [3.8, 4) is 11.5 Å². The van der Waals surface area contributed by atoms with Gasteiger partial charge in [-0.25, -0.2) is 0 Å². The van der Waals surface area contributed by atoms with Crippen molar-refractivity contribution < 1.29 is 43.6 Å². The monoisotopic (exact) mass is 714 g/mol. The van der Waals surface area contributed by atoms with Crippen molar-refractivity contribution in [3.05, 3.63) is 157 Å². The maximum absolute atomic E-state index is 13.3. The predicted octanol–water partition coefficient (Wildman–Crippen LogP) is 8.24. The second-order valence-corrected chi connectivity index (χ2v) is 22.8. The summed E-state index contributed by atoms with van der Waals surface area (Å²) < 4.78 is 66.7. The van der Waals surface area contributed by atoms with Gasteiger partial charge in [-0.05, 0) is 0 Å². The Morgan fingerprint density at radius 3 is 1.00 bits per heavy atom. The second kappa shape index (κ2) is 12.5. The molecular weight excluding hydrogens is 684 g/mol. The van der Waals surface area contributed by atoms with Crippen LogP contribution in [0.4, 0.5) is 0 Å². The molecule has 0 saturated heterocycles. The van der Waals surface area contributed by atoms with Gasteiger partial charge in [-0.2, -0.15) is 0 Å². The van der Waals surface area contributed by atoms with Crippen LogP contribution in [0.15, 0.2) is 165 Å². The van der Waals surface area contributed by atoms with Crippen LogP contribution in [0.25, 0.3) is 0 Å². The standard InChI is InChI=1S/2C13H12O3S.2C5H5.Zr/c2*1-10-2-6-12(7-3-10)17(15,16)13-8-4-11(14)5-9-13;2*1-2-4-5-3-1;/h2*2-9,14H,1H3;2*1-5H;/q;;;;+2/p-2. The van der Waals surface area contributed by atoms with E-state index in [0.717, 1.165) is 11.1 Å². The van der Waals surface area contributed by atoms with Gasteiger partial charge in [0.2, 0.25) is 0 Å². The van der Waals surface area contributed by atoms with E-state index in [1.54, 1.807) is 97.1 Å². The molecule has 0 fully saturated rings. The zero-order valence-corrected chi connectivity index (χ0v) is 28.9. The Labute approximate surface area is 270 Å². The van der Waals surface area contributed by atoms with Gasteiger partial charge >= 0.3 is 272 Å². The van der Waals surface area contributed by atoms with E-state index < -0.39 is 40.8 Å². The minimum atomic E-state index is -4.36. The predicted molar refractivity (Wildman–Crippen MR) is 171 cm³/mol. The summed E-state index contributed by atoms with van der Waals surface area (Å²) in [6.07, 6.45) is 16.2. The van der Waals surface area contributed by atoms with E-state index in [1.807, 2.05) is 38.2 Å². The van der Waals surface area contributed by atoms with E-state index in [4.69, 9.17) is 5.63 Å². The SMILES string of the molecule is Cc1ccc(S(=O)(=O)c2ccc([O][Zr]([O]c3ccc(S(=O)(=O)c4ccc(C)cc4)cc3)([CH]3C=CC=C3)[CH]3C=CC=C3)cc2)cc1. The summed E-state index contributed by atoms with van der Waals surface area (Å²) in [7, 11) is -7.40. The summed E-state index contributed by atoms with van der Waals surface area (Å²) >= 11 is -4.36. The molecule has 0 spiro atoms. The van der Waals surface area contributed by atoms with E-state index in [9.17, 15) is 16.8 Å². The first kappa shape index (κ1) is 31.2. The molecule has 2 aliphatic carbocycles. The molecule has 0 N–H and O–H groups in total. The Morgan fingerprint density at radius 1 is 0.444 bits per heavy atom. The molecule has 228 valence electrons. The summed E-state index contributed by atoms with van der Waals surface area (Å²) in [5.41, 5.74) is 1.96. The van der Waals surface area contributed by atoms with Gasteiger partial charge in [0.15, 0.2) is 0 Å². The molecule has 6 nitrogen and oxygen atoms in total. The Hall–Kier alpha value is -3.78. The van der Waals surface area contributed by atoms with Crippen LogP contribution in [0.5, 0.6) is 11.5 Å². The molecule has 4 aromatic rings. The van der Waals surface area contributed by atoms with Crippen LogP contribution in [-0.4, -0.2) is 16.8 Å². The van der Waals surface area contributed by atoms with E-state index in [0.29, 0.717) is 11.5 Å². The maximum atomic E-state index is 13.3. The van der Waals surface area contributed by atoms with Crippen LogP contribution >= 0.6 is 0 Å². The fourth-order valence-corrected chi connectivity index (χ4v) is 16.6. The molecule has 0 radical (unpaired) electrons. The molecule has 0 atom stereocenters. The Bertz CT molecular complexity index is 1850. The zero-order valence-electron chi connectivity index (χ0n) is 24.8. The summed E-state index contributed by atoms with van der Waals surface area (Å²) in [4.78, 5) is 0.807. The number of hydrogen-bond donors (Lipinski definition) is 0. The Morgan fingerprint density at radius 2 is 0.711 bits per heavy atom. The first-order valence-electron chi connectivity index (χ1n) is 14.5. The van der Waals surface area contributed by atoms with Crippen LogP contribution in [-0.2, 0) is 40.8 Å². The number of sulfone groups is 2. The van der Waals surface area contributed by atoms with Gasteiger partial charge in [-0.3, -0.25) is 0 Å². The van der Waals surface area contributed by atoms with Crippen LogP contribution in [0.3, 0.4) is 0 Å². The molecule has 4 aromatic carbocycles. The van der Waals surface area contributed by atoms with Gasteiger partial charge in [-0.15, -0.1) is 0 Å². The van der Waals surface area contributed by atoms with Gasteiger partial charge < -0.3 is 0 Å². The van der Waals surface area contributed by atoms with Gasteiger partial charge in [0.05, 0.1) is 0 Å². The topological polar surface area (TPSA) is 86.7 Å². The first-order valence-corrected chi connectivity index (χ1v) is 22.3. The van der Waals surface area contributed by atoms with Crippen molar-refractivity contribution in [1.29, 1.82) is 0 Å². The van der Waals surface area contributed by atoms with Crippen LogP contribution in [0.1, 0.15) is 11.1 Å². The molecule has 0 aromatic heterocycles. The number of benzene rings is 4. The third-order valence-corrected chi connectivity index (χ3v) is 20.7. The molecule has 0 unspecified atom stereocenters. The molecule has 2 aliphatic rings. The van der Waals surface area contributed by atoms with Gasteiger partial charge in [-0.1, -0.05) is 0 Å². The molecule has 9 heteroatoms. The summed E-state index contributed by atoms with van der Waals surface area (Å²) in [6.45, 7) is 3.82. The van der Waals surface area contributed by atoms with Crippen molar-refractivity contribution in [2.45, 2.75) is 40.7 Å². The summed E-state index contributed by atoms with van der Waals surface area (Å²) in [6, 6.07) is 26.5. The van der Waals surface area contributed by atoms with Crippen LogP contribution in [0.2, 0.25) is 7.25 Å². The third kappa shape index (κ3) is 6.35. The number of aryl methyl sites for hydroxylation is 2. The fraction of sp³-hybridized carbons (Fsp3) is 0.111. The van der Waals surface area contributed by atoms with Gasteiger partial charge in [0.1, 0.15) is 0 Å². The van der Waals surface area contributed by atoms with E-state index in [-0.39, 0.29) is 26.8 Å². The van der Waals surface area contributed by atoms with Crippen LogP contribution < -0.4 is 5.63 Å². The Kier molecular flexibility index (Phi) is 8.70. The van der Waals surface area contributed by atoms with Crippen molar-refractivity contribution >= 4 is 19.7 Å². The molecule has 0 amide bonds. The average molecular weight is 716 g/mol. The molecular formula is C36H32O6S2Zr. The molecule has 0 bridgehead atoms. The second-order valence-electron chi connectivity index (χ2n) is 11.1. The third-order valence-electron chi connectivity index (χ3n) is 7.91.